The first-order chi connectivity index (χ1) is 10.0. The molecule has 6 nitrogen and oxygen atoms in total. The van der Waals surface area contributed by atoms with E-state index in [4.69, 9.17) is 5.11 Å². The average Bonchev–Trinajstić information content (AvgIpc) is 2.45. The number of ether oxygens (including phenoxy) is 1. The van der Waals surface area contributed by atoms with Crippen LogP contribution in [0.2, 0.25) is 0 Å². The van der Waals surface area contributed by atoms with Gasteiger partial charge in [-0.15, -0.1) is 0 Å². The van der Waals surface area contributed by atoms with Crippen LogP contribution in [0.5, 0.6) is 0 Å². The van der Waals surface area contributed by atoms with Crippen molar-refractivity contribution >= 4 is 17.8 Å². The summed E-state index contributed by atoms with van der Waals surface area (Å²) in [4.78, 5) is 34.1. The molecular weight excluding hydrogens is 274 g/mol. The van der Waals surface area contributed by atoms with Crippen molar-refractivity contribution in [2.75, 3.05) is 6.61 Å². The molecule has 0 spiro atoms. The molecule has 0 aliphatic heterocycles. The van der Waals surface area contributed by atoms with Gasteiger partial charge in [0, 0.05) is 6.42 Å². The number of carboxylic acids is 1. The number of hydrogen-bond donors (Lipinski definition) is 2. The highest BCUT2D eigenvalue weighted by atomic mass is 16.5. The molecule has 0 aliphatic carbocycles. The zero-order valence-corrected chi connectivity index (χ0v) is 11.9. The number of aryl methyl sites for hydroxylation is 1. The van der Waals surface area contributed by atoms with Gasteiger partial charge in [-0.25, -0.2) is 4.79 Å². The molecule has 1 aromatic rings. The molecule has 2 N–H and O–H groups in total. The molecule has 0 saturated carbocycles. The van der Waals surface area contributed by atoms with Crippen LogP contribution in [-0.2, 0) is 25.5 Å². The van der Waals surface area contributed by atoms with Crippen LogP contribution in [0.25, 0.3) is 0 Å². The molecule has 0 heterocycles. The van der Waals surface area contributed by atoms with Gasteiger partial charge in [-0.3, -0.25) is 9.59 Å². The summed E-state index contributed by atoms with van der Waals surface area (Å²) < 4.78 is 4.68. The lowest BCUT2D eigenvalue weighted by Crippen LogP contribution is -2.42. The van der Waals surface area contributed by atoms with Crippen LogP contribution in [0, 0.1) is 0 Å². The van der Waals surface area contributed by atoms with E-state index in [0.717, 1.165) is 5.56 Å². The molecule has 0 bridgehead atoms. The number of aliphatic carboxylic acids is 1. The molecule has 0 unspecified atom stereocenters. The van der Waals surface area contributed by atoms with Crippen molar-refractivity contribution in [2.24, 2.45) is 0 Å². The molecule has 0 fully saturated rings. The lowest BCUT2D eigenvalue weighted by atomic mass is 10.1. The molecule has 1 aromatic carbocycles. The average molecular weight is 293 g/mol. The first kappa shape index (κ1) is 16.7. The van der Waals surface area contributed by atoms with Gasteiger partial charge in [-0.2, -0.15) is 0 Å². The van der Waals surface area contributed by atoms with Crippen LogP contribution in [-0.4, -0.2) is 35.6 Å². The number of rotatable bonds is 8. The second kappa shape index (κ2) is 8.73. The van der Waals surface area contributed by atoms with Gasteiger partial charge in [0.05, 0.1) is 13.0 Å². The predicted octanol–water partition coefficient (Wildman–Crippen LogP) is 1.14. The third-order valence-corrected chi connectivity index (χ3v) is 2.79. The maximum atomic E-state index is 11.7. The standard InChI is InChI=1S/C15H19NO5/c1-2-21-14(18)10-12(15(19)20)16-13(17)9-8-11-6-4-3-5-7-11/h3-7,12H,2,8-10H2,1H3,(H,16,17)(H,19,20)/t12-/m0/s1. The van der Waals surface area contributed by atoms with E-state index in [1.807, 2.05) is 30.3 Å². The Kier molecular flexibility index (Phi) is 6.94. The number of nitrogens with one attached hydrogen (secondary N) is 1. The van der Waals surface area contributed by atoms with E-state index in [1.165, 1.54) is 0 Å². The van der Waals surface area contributed by atoms with Gasteiger partial charge in [0.15, 0.2) is 0 Å². The summed E-state index contributed by atoms with van der Waals surface area (Å²) in [6.07, 6.45) is 0.301. The fourth-order valence-electron chi connectivity index (χ4n) is 1.76. The van der Waals surface area contributed by atoms with E-state index in [0.29, 0.717) is 6.42 Å². The summed E-state index contributed by atoms with van der Waals surface area (Å²) in [6.45, 7) is 1.80. The number of carbonyl (C=O) groups is 3. The first-order valence-electron chi connectivity index (χ1n) is 6.74. The van der Waals surface area contributed by atoms with Gasteiger partial charge in [0.2, 0.25) is 5.91 Å². The molecular formula is C15H19NO5. The van der Waals surface area contributed by atoms with Crippen molar-refractivity contribution in [2.45, 2.75) is 32.2 Å². The minimum absolute atomic E-state index is 0.163. The van der Waals surface area contributed by atoms with Crippen LogP contribution in [0.15, 0.2) is 30.3 Å². The number of benzene rings is 1. The van der Waals surface area contributed by atoms with E-state index < -0.39 is 23.9 Å². The molecule has 21 heavy (non-hydrogen) atoms. The third kappa shape index (κ3) is 6.56. The minimum Gasteiger partial charge on any atom is -0.480 e. The van der Waals surface area contributed by atoms with Gasteiger partial charge in [-0.05, 0) is 18.9 Å². The van der Waals surface area contributed by atoms with Gasteiger partial charge in [0.25, 0.3) is 0 Å². The number of amides is 1. The molecule has 0 aromatic heterocycles. The minimum atomic E-state index is -1.26. The predicted molar refractivity (Wildman–Crippen MR) is 75.6 cm³/mol. The Morgan fingerprint density at radius 3 is 2.48 bits per heavy atom. The van der Waals surface area contributed by atoms with Crippen LogP contribution < -0.4 is 5.32 Å². The Hall–Kier alpha value is -2.37. The lowest BCUT2D eigenvalue weighted by molar-refractivity contribution is -0.150. The van der Waals surface area contributed by atoms with E-state index in [-0.39, 0.29) is 19.4 Å². The van der Waals surface area contributed by atoms with Crippen LogP contribution >= 0.6 is 0 Å². The smallest absolute Gasteiger partial charge is 0.326 e. The van der Waals surface area contributed by atoms with Crippen LogP contribution in [0.4, 0.5) is 0 Å². The topological polar surface area (TPSA) is 92.7 Å². The van der Waals surface area contributed by atoms with Gasteiger partial charge in [0.1, 0.15) is 6.04 Å². The quantitative estimate of drug-likeness (QED) is 0.701. The van der Waals surface area contributed by atoms with Crippen molar-refractivity contribution in [3.05, 3.63) is 35.9 Å². The lowest BCUT2D eigenvalue weighted by Gasteiger charge is -2.13. The maximum absolute atomic E-state index is 11.7. The van der Waals surface area contributed by atoms with Crippen molar-refractivity contribution in [1.29, 1.82) is 0 Å². The fourth-order valence-corrected chi connectivity index (χ4v) is 1.76. The molecule has 1 rings (SSSR count). The molecule has 6 heteroatoms. The van der Waals surface area contributed by atoms with Crippen LogP contribution in [0.1, 0.15) is 25.3 Å². The largest absolute Gasteiger partial charge is 0.480 e. The Balaban J connectivity index is 2.45. The summed E-state index contributed by atoms with van der Waals surface area (Å²) in [5, 5.41) is 11.3. The Labute approximate surface area is 123 Å². The summed E-state index contributed by atoms with van der Waals surface area (Å²) in [5.74, 6) is -2.31. The number of carboxylic acid groups (broad SMARTS) is 1. The Bertz CT molecular complexity index is 486. The number of hydrogen-bond acceptors (Lipinski definition) is 4. The first-order valence-corrected chi connectivity index (χ1v) is 6.74. The fraction of sp³-hybridized carbons (Fsp3) is 0.400. The van der Waals surface area contributed by atoms with Crippen molar-refractivity contribution in [3.8, 4) is 0 Å². The van der Waals surface area contributed by atoms with E-state index in [2.05, 4.69) is 10.1 Å². The van der Waals surface area contributed by atoms with Crippen LogP contribution in [0.3, 0.4) is 0 Å². The van der Waals surface area contributed by atoms with E-state index in [9.17, 15) is 14.4 Å². The van der Waals surface area contributed by atoms with Gasteiger partial charge in [-0.1, -0.05) is 30.3 Å². The van der Waals surface area contributed by atoms with Crippen molar-refractivity contribution < 1.29 is 24.2 Å². The maximum Gasteiger partial charge on any atom is 0.326 e. The summed E-state index contributed by atoms with van der Waals surface area (Å²) in [6, 6.07) is 8.14. The molecule has 0 saturated heterocycles. The van der Waals surface area contributed by atoms with Gasteiger partial charge < -0.3 is 15.2 Å². The second-order valence-corrected chi connectivity index (χ2v) is 4.45. The molecule has 114 valence electrons. The highest BCUT2D eigenvalue weighted by molar-refractivity contribution is 5.87. The Morgan fingerprint density at radius 1 is 1.24 bits per heavy atom. The summed E-state index contributed by atoms with van der Waals surface area (Å²) in [7, 11) is 0. The second-order valence-electron chi connectivity index (χ2n) is 4.45. The highest BCUT2D eigenvalue weighted by Gasteiger charge is 2.23. The third-order valence-electron chi connectivity index (χ3n) is 2.79. The monoisotopic (exact) mass is 293 g/mol. The normalized spacial score (nSPS) is 11.5. The molecule has 1 amide bonds. The van der Waals surface area contributed by atoms with Gasteiger partial charge >= 0.3 is 11.9 Å². The number of carbonyl (C=O) groups excluding carboxylic acids is 2. The van der Waals surface area contributed by atoms with E-state index in [1.54, 1.807) is 6.92 Å². The zero-order valence-electron chi connectivity index (χ0n) is 11.9. The summed E-state index contributed by atoms with van der Waals surface area (Å²) >= 11 is 0. The zero-order chi connectivity index (χ0) is 15.7. The van der Waals surface area contributed by atoms with E-state index >= 15 is 0 Å². The number of esters is 1. The summed E-state index contributed by atoms with van der Waals surface area (Å²) in [5.41, 5.74) is 0.991. The SMILES string of the molecule is CCOC(=O)C[C@H](NC(=O)CCc1ccccc1)C(=O)O. The molecule has 1 atom stereocenters. The Morgan fingerprint density at radius 2 is 1.90 bits per heavy atom. The van der Waals surface area contributed by atoms with Crippen molar-refractivity contribution in [1.82, 2.24) is 5.32 Å². The van der Waals surface area contributed by atoms with Crippen molar-refractivity contribution in [3.63, 3.8) is 0 Å². The highest BCUT2D eigenvalue weighted by Crippen LogP contribution is 2.03. The molecule has 0 radical (unpaired) electrons. The molecule has 0 aliphatic rings.